The molecule has 0 saturated heterocycles. The molecule has 1 aromatic carbocycles. The lowest BCUT2D eigenvalue weighted by molar-refractivity contribution is -0.384. The molecule has 0 N–H and O–H groups in total. The van der Waals surface area contributed by atoms with Crippen LogP contribution >= 0.6 is 0 Å². The first kappa shape index (κ1) is 13.7. The van der Waals surface area contributed by atoms with Crippen LogP contribution in [-0.2, 0) is 16.1 Å². The smallest absolute Gasteiger partial charge is 0.325 e. The number of rotatable bonds is 5. The monoisotopic (exact) mass is 276 g/mol. The molecule has 0 aliphatic rings. The van der Waals surface area contributed by atoms with Gasteiger partial charge < -0.3 is 9.30 Å². The number of aldehydes is 1. The van der Waals surface area contributed by atoms with E-state index >= 15 is 0 Å². The van der Waals surface area contributed by atoms with E-state index in [9.17, 15) is 19.7 Å². The topological polar surface area (TPSA) is 91.4 Å². The van der Waals surface area contributed by atoms with Crippen LogP contribution in [0.25, 0.3) is 10.9 Å². The number of hydrogen-bond donors (Lipinski definition) is 0. The minimum atomic E-state index is -0.531. The summed E-state index contributed by atoms with van der Waals surface area (Å²) >= 11 is 0. The van der Waals surface area contributed by atoms with Crippen molar-refractivity contribution in [2.75, 3.05) is 6.61 Å². The standard InChI is InChI=1S/C13H12N2O5/c1-2-20-13(17)7-14-6-9(8-16)11-5-10(15(18)19)3-4-12(11)14/h3-6,8H,2,7H2,1H3. The van der Waals surface area contributed by atoms with E-state index < -0.39 is 10.9 Å². The molecule has 7 heteroatoms. The summed E-state index contributed by atoms with van der Waals surface area (Å²) in [5, 5.41) is 11.2. The van der Waals surface area contributed by atoms with Gasteiger partial charge in [0.1, 0.15) is 6.54 Å². The van der Waals surface area contributed by atoms with E-state index in [0.29, 0.717) is 22.8 Å². The second-order valence-corrected chi connectivity index (χ2v) is 4.09. The molecule has 2 rings (SSSR count). The average molecular weight is 276 g/mol. The zero-order valence-corrected chi connectivity index (χ0v) is 10.7. The predicted octanol–water partition coefficient (Wildman–Crippen LogP) is 1.93. The summed E-state index contributed by atoms with van der Waals surface area (Å²) in [6, 6.07) is 4.17. The van der Waals surface area contributed by atoms with Crippen LogP contribution in [0.3, 0.4) is 0 Å². The van der Waals surface area contributed by atoms with Crippen LogP contribution in [0.5, 0.6) is 0 Å². The van der Waals surface area contributed by atoms with Crippen molar-refractivity contribution < 1.29 is 19.2 Å². The Kier molecular flexibility index (Phi) is 3.79. The highest BCUT2D eigenvalue weighted by Crippen LogP contribution is 2.25. The van der Waals surface area contributed by atoms with Gasteiger partial charge in [0, 0.05) is 34.8 Å². The second-order valence-electron chi connectivity index (χ2n) is 4.09. The highest BCUT2D eigenvalue weighted by atomic mass is 16.6. The van der Waals surface area contributed by atoms with Crippen LogP contribution in [0.2, 0.25) is 0 Å². The van der Waals surface area contributed by atoms with Crippen molar-refractivity contribution >= 4 is 28.8 Å². The van der Waals surface area contributed by atoms with E-state index in [0.717, 1.165) is 0 Å². The summed E-state index contributed by atoms with van der Waals surface area (Å²) in [7, 11) is 0. The normalized spacial score (nSPS) is 10.4. The Bertz CT molecular complexity index is 689. The summed E-state index contributed by atoms with van der Waals surface area (Å²) in [5.74, 6) is -0.430. The van der Waals surface area contributed by atoms with Gasteiger partial charge in [-0.15, -0.1) is 0 Å². The zero-order valence-electron chi connectivity index (χ0n) is 10.7. The number of benzene rings is 1. The van der Waals surface area contributed by atoms with E-state index in [2.05, 4.69) is 0 Å². The Morgan fingerprint density at radius 1 is 1.50 bits per heavy atom. The van der Waals surface area contributed by atoms with Gasteiger partial charge in [-0.05, 0) is 13.0 Å². The lowest BCUT2D eigenvalue weighted by Gasteiger charge is -2.04. The second kappa shape index (κ2) is 5.52. The number of fused-ring (bicyclic) bond motifs is 1. The van der Waals surface area contributed by atoms with Gasteiger partial charge in [0.05, 0.1) is 11.5 Å². The van der Waals surface area contributed by atoms with Gasteiger partial charge in [0.2, 0.25) is 0 Å². The Balaban J connectivity index is 2.49. The van der Waals surface area contributed by atoms with Crippen LogP contribution in [0.1, 0.15) is 17.3 Å². The lowest BCUT2D eigenvalue weighted by atomic mass is 10.2. The first-order chi connectivity index (χ1) is 9.56. The van der Waals surface area contributed by atoms with Gasteiger partial charge in [0.15, 0.2) is 6.29 Å². The van der Waals surface area contributed by atoms with Crippen LogP contribution in [-0.4, -0.2) is 28.4 Å². The number of hydrogen-bond acceptors (Lipinski definition) is 5. The SMILES string of the molecule is CCOC(=O)Cn1cc(C=O)c2cc([N+](=O)[O-])ccc21. The number of ether oxygens (including phenoxy) is 1. The molecule has 0 aliphatic heterocycles. The highest BCUT2D eigenvalue weighted by Gasteiger charge is 2.15. The van der Waals surface area contributed by atoms with Gasteiger partial charge in [-0.2, -0.15) is 0 Å². The summed E-state index contributed by atoms with van der Waals surface area (Å²) in [6.45, 7) is 1.92. The van der Waals surface area contributed by atoms with Crippen LogP contribution in [0.15, 0.2) is 24.4 Å². The van der Waals surface area contributed by atoms with Crippen molar-refractivity contribution in [2.24, 2.45) is 0 Å². The molecule has 0 bridgehead atoms. The molecule has 0 saturated carbocycles. The Morgan fingerprint density at radius 3 is 2.85 bits per heavy atom. The summed E-state index contributed by atoms with van der Waals surface area (Å²) in [6.07, 6.45) is 2.09. The minimum Gasteiger partial charge on any atom is -0.465 e. The number of carbonyl (C=O) groups excluding carboxylic acids is 2. The van der Waals surface area contributed by atoms with Gasteiger partial charge in [0.25, 0.3) is 5.69 Å². The molecular weight excluding hydrogens is 264 g/mol. The van der Waals surface area contributed by atoms with Gasteiger partial charge in [-0.1, -0.05) is 0 Å². The fourth-order valence-electron chi connectivity index (χ4n) is 2.00. The number of nitrogens with zero attached hydrogens (tertiary/aromatic N) is 2. The third-order valence-electron chi connectivity index (χ3n) is 2.84. The van der Waals surface area contributed by atoms with Gasteiger partial charge in [-0.25, -0.2) is 0 Å². The number of nitro groups is 1. The highest BCUT2D eigenvalue weighted by molar-refractivity contribution is 5.99. The maximum Gasteiger partial charge on any atom is 0.325 e. The van der Waals surface area contributed by atoms with E-state index in [-0.39, 0.29) is 18.8 Å². The van der Waals surface area contributed by atoms with Crippen molar-refractivity contribution in [1.82, 2.24) is 4.57 Å². The Morgan fingerprint density at radius 2 is 2.25 bits per heavy atom. The molecule has 0 radical (unpaired) electrons. The predicted molar refractivity (Wildman–Crippen MR) is 70.6 cm³/mol. The quantitative estimate of drug-likeness (QED) is 0.360. The molecular formula is C13H12N2O5. The fourth-order valence-corrected chi connectivity index (χ4v) is 2.00. The maximum absolute atomic E-state index is 11.5. The molecule has 0 aliphatic carbocycles. The van der Waals surface area contributed by atoms with Gasteiger partial charge >= 0.3 is 5.97 Å². The number of nitro benzene ring substituents is 1. The van der Waals surface area contributed by atoms with E-state index in [1.54, 1.807) is 11.5 Å². The van der Waals surface area contributed by atoms with Crippen molar-refractivity contribution in [3.8, 4) is 0 Å². The molecule has 0 atom stereocenters. The molecule has 0 unspecified atom stereocenters. The van der Waals surface area contributed by atoms with Crippen molar-refractivity contribution in [2.45, 2.75) is 13.5 Å². The van der Waals surface area contributed by atoms with E-state index in [1.807, 2.05) is 0 Å². The van der Waals surface area contributed by atoms with Crippen molar-refractivity contribution in [1.29, 1.82) is 0 Å². The Labute approximate surface area is 113 Å². The average Bonchev–Trinajstić information content (AvgIpc) is 2.76. The van der Waals surface area contributed by atoms with Crippen LogP contribution < -0.4 is 0 Å². The molecule has 1 heterocycles. The molecule has 0 fully saturated rings. The number of carbonyl (C=O) groups is 2. The van der Waals surface area contributed by atoms with Crippen LogP contribution in [0, 0.1) is 10.1 Å². The van der Waals surface area contributed by atoms with Crippen molar-refractivity contribution in [3.63, 3.8) is 0 Å². The zero-order chi connectivity index (χ0) is 14.7. The summed E-state index contributed by atoms with van der Waals surface area (Å²) in [5.41, 5.74) is 0.772. The third-order valence-corrected chi connectivity index (χ3v) is 2.84. The number of non-ortho nitro benzene ring substituents is 1. The minimum absolute atomic E-state index is 0.0456. The third kappa shape index (κ3) is 2.51. The first-order valence-electron chi connectivity index (χ1n) is 5.95. The summed E-state index contributed by atoms with van der Waals surface area (Å²) < 4.78 is 6.39. The first-order valence-corrected chi connectivity index (χ1v) is 5.95. The van der Waals surface area contributed by atoms with E-state index in [1.165, 1.54) is 24.4 Å². The molecule has 0 spiro atoms. The fraction of sp³-hybridized carbons (Fsp3) is 0.231. The number of aromatic nitrogens is 1. The van der Waals surface area contributed by atoms with Gasteiger partial charge in [-0.3, -0.25) is 19.7 Å². The number of esters is 1. The molecule has 20 heavy (non-hydrogen) atoms. The molecule has 7 nitrogen and oxygen atoms in total. The largest absolute Gasteiger partial charge is 0.465 e. The maximum atomic E-state index is 11.5. The van der Waals surface area contributed by atoms with Crippen LogP contribution in [0.4, 0.5) is 5.69 Å². The molecule has 104 valence electrons. The molecule has 2 aromatic rings. The lowest BCUT2D eigenvalue weighted by Crippen LogP contribution is -2.12. The van der Waals surface area contributed by atoms with Crippen molar-refractivity contribution in [3.05, 3.63) is 40.1 Å². The summed E-state index contributed by atoms with van der Waals surface area (Å²) in [4.78, 5) is 32.7. The molecule has 0 amide bonds. The molecule has 1 aromatic heterocycles. The van der Waals surface area contributed by atoms with E-state index in [4.69, 9.17) is 4.74 Å². The Hall–Kier alpha value is -2.70.